The van der Waals surface area contributed by atoms with Gasteiger partial charge in [0.05, 0.1) is 0 Å². The van der Waals surface area contributed by atoms with Gasteiger partial charge in [0.15, 0.2) is 5.78 Å². The highest BCUT2D eigenvalue weighted by molar-refractivity contribution is 6.06. The van der Waals surface area contributed by atoms with Gasteiger partial charge in [0.25, 0.3) is 0 Å². The zero-order valence-corrected chi connectivity index (χ0v) is 9.97. The smallest absolute Gasteiger partial charge is 0.182 e. The molecule has 0 heterocycles. The number of carbonyl (C=O) groups is 1. The number of hydrogen-bond acceptors (Lipinski definition) is 1. The average Bonchev–Trinajstić information content (AvgIpc) is 2.16. The molecule has 0 bridgehead atoms. The molecule has 0 amide bonds. The van der Waals surface area contributed by atoms with E-state index in [1.165, 1.54) is 18.4 Å². The Morgan fingerprint density at radius 3 is 2.80 bits per heavy atom. The summed E-state index contributed by atoms with van der Waals surface area (Å²) in [4.78, 5) is 12.0. The third-order valence-electron chi connectivity index (χ3n) is 3.85. The van der Waals surface area contributed by atoms with E-state index in [0.29, 0.717) is 5.92 Å². The van der Waals surface area contributed by atoms with Crippen LogP contribution < -0.4 is 0 Å². The molecule has 2 rings (SSSR count). The van der Waals surface area contributed by atoms with Crippen molar-refractivity contribution >= 4 is 5.78 Å². The van der Waals surface area contributed by atoms with Gasteiger partial charge in [0.2, 0.25) is 0 Å². The van der Waals surface area contributed by atoms with Crippen molar-refractivity contribution in [1.82, 2.24) is 0 Å². The minimum Gasteiger partial charge on any atom is -0.290 e. The summed E-state index contributed by atoms with van der Waals surface area (Å²) in [6.45, 7) is 6.62. The molecule has 2 aliphatic rings. The molecule has 1 heteroatoms. The molecule has 15 heavy (non-hydrogen) atoms. The van der Waals surface area contributed by atoms with Crippen LogP contribution in [0.3, 0.4) is 0 Å². The van der Waals surface area contributed by atoms with Crippen molar-refractivity contribution in [3.8, 4) is 0 Å². The molecule has 0 saturated carbocycles. The lowest BCUT2D eigenvalue weighted by atomic mass is 9.64. The van der Waals surface area contributed by atoms with Gasteiger partial charge in [0, 0.05) is 5.57 Å². The van der Waals surface area contributed by atoms with Gasteiger partial charge in [-0.05, 0) is 43.1 Å². The Bertz CT molecular complexity index is 346. The molecule has 82 valence electrons. The zero-order chi connectivity index (χ0) is 11.1. The summed E-state index contributed by atoms with van der Waals surface area (Å²) >= 11 is 0. The quantitative estimate of drug-likeness (QED) is 0.637. The first-order chi connectivity index (χ1) is 7.03. The van der Waals surface area contributed by atoms with Crippen molar-refractivity contribution < 1.29 is 4.79 Å². The van der Waals surface area contributed by atoms with Crippen LogP contribution in [0.1, 0.15) is 46.5 Å². The molecule has 2 aliphatic carbocycles. The number of carbonyl (C=O) groups excluding carboxylic acids is 1. The van der Waals surface area contributed by atoms with Crippen molar-refractivity contribution in [2.24, 2.45) is 11.3 Å². The maximum absolute atomic E-state index is 12.0. The van der Waals surface area contributed by atoms with E-state index in [2.05, 4.69) is 26.8 Å². The fourth-order valence-electron chi connectivity index (χ4n) is 2.82. The van der Waals surface area contributed by atoms with Crippen LogP contribution in [-0.2, 0) is 4.79 Å². The molecule has 0 aromatic rings. The Morgan fingerprint density at radius 2 is 2.13 bits per heavy atom. The largest absolute Gasteiger partial charge is 0.290 e. The lowest BCUT2D eigenvalue weighted by Crippen LogP contribution is -2.31. The Balaban J connectivity index is 2.39. The predicted octanol–water partition coefficient (Wildman–Crippen LogP) is 3.66. The molecule has 1 nitrogen and oxygen atoms in total. The number of hydrogen-bond donors (Lipinski definition) is 0. The van der Waals surface area contributed by atoms with Crippen molar-refractivity contribution in [3.63, 3.8) is 0 Å². The van der Waals surface area contributed by atoms with Gasteiger partial charge in [0.1, 0.15) is 0 Å². The van der Waals surface area contributed by atoms with Crippen LogP contribution in [0.15, 0.2) is 23.3 Å². The second-order valence-corrected chi connectivity index (χ2v) is 5.49. The molecule has 0 aliphatic heterocycles. The van der Waals surface area contributed by atoms with E-state index < -0.39 is 0 Å². The van der Waals surface area contributed by atoms with Crippen molar-refractivity contribution in [3.05, 3.63) is 23.3 Å². The monoisotopic (exact) mass is 204 g/mol. The van der Waals surface area contributed by atoms with Gasteiger partial charge in [-0.1, -0.05) is 32.4 Å². The molecule has 0 aromatic carbocycles. The Hall–Kier alpha value is -0.850. The normalized spacial score (nSPS) is 31.1. The van der Waals surface area contributed by atoms with Gasteiger partial charge in [-0.15, -0.1) is 0 Å². The van der Waals surface area contributed by atoms with Crippen LogP contribution in [-0.4, -0.2) is 5.78 Å². The maximum atomic E-state index is 12.0. The summed E-state index contributed by atoms with van der Waals surface area (Å²) in [5.74, 6) is 0.779. The summed E-state index contributed by atoms with van der Waals surface area (Å²) in [6.07, 6.45) is 8.63. The first kappa shape index (κ1) is 10.7. The number of ketones is 1. The van der Waals surface area contributed by atoms with E-state index in [9.17, 15) is 4.79 Å². The van der Waals surface area contributed by atoms with E-state index in [1.54, 1.807) is 0 Å². The average molecular weight is 204 g/mol. The fourth-order valence-corrected chi connectivity index (χ4v) is 2.82. The molecular formula is C14H20O. The second kappa shape index (κ2) is 3.62. The third-order valence-corrected chi connectivity index (χ3v) is 3.85. The molecule has 1 atom stereocenters. The first-order valence-electron chi connectivity index (χ1n) is 5.98. The van der Waals surface area contributed by atoms with E-state index >= 15 is 0 Å². The van der Waals surface area contributed by atoms with Crippen LogP contribution in [0.5, 0.6) is 0 Å². The molecule has 0 aromatic heterocycles. The lowest BCUT2D eigenvalue weighted by molar-refractivity contribution is -0.113. The first-order valence-corrected chi connectivity index (χ1v) is 5.98. The van der Waals surface area contributed by atoms with Gasteiger partial charge < -0.3 is 0 Å². The molecule has 0 spiro atoms. The standard InChI is InChI=1S/C14H20O/c1-10(2)11-8-13(15)12-6-4-5-7-14(12,3)9-11/h6,8,10H,4-5,7,9H2,1-3H3. The molecular weight excluding hydrogens is 184 g/mol. The highest BCUT2D eigenvalue weighted by Gasteiger charge is 2.38. The summed E-state index contributed by atoms with van der Waals surface area (Å²) in [5, 5.41) is 0. The second-order valence-electron chi connectivity index (χ2n) is 5.49. The summed E-state index contributed by atoms with van der Waals surface area (Å²) < 4.78 is 0. The summed E-state index contributed by atoms with van der Waals surface area (Å²) in [7, 11) is 0. The van der Waals surface area contributed by atoms with Crippen LogP contribution in [0.4, 0.5) is 0 Å². The van der Waals surface area contributed by atoms with Gasteiger partial charge in [-0.25, -0.2) is 0 Å². The van der Waals surface area contributed by atoms with Gasteiger partial charge in [-0.3, -0.25) is 4.79 Å². The minimum atomic E-state index is 0.143. The van der Waals surface area contributed by atoms with Crippen molar-refractivity contribution in [1.29, 1.82) is 0 Å². The van der Waals surface area contributed by atoms with Crippen LogP contribution in [0.2, 0.25) is 0 Å². The Kier molecular flexibility index (Phi) is 2.57. The third kappa shape index (κ3) is 1.80. The zero-order valence-electron chi connectivity index (χ0n) is 9.97. The number of fused-ring (bicyclic) bond motifs is 1. The highest BCUT2D eigenvalue weighted by atomic mass is 16.1. The Morgan fingerprint density at radius 1 is 1.40 bits per heavy atom. The SMILES string of the molecule is CC(C)C1=CC(=O)C2=CCCCC2(C)C1. The van der Waals surface area contributed by atoms with Crippen molar-refractivity contribution in [2.45, 2.75) is 46.5 Å². The van der Waals surface area contributed by atoms with Crippen LogP contribution in [0, 0.1) is 11.3 Å². The summed E-state index contributed by atoms with van der Waals surface area (Å²) in [6, 6.07) is 0. The number of rotatable bonds is 1. The fraction of sp³-hybridized carbons (Fsp3) is 0.643. The molecule has 0 saturated heterocycles. The van der Waals surface area contributed by atoms with Crippen molar-refractivity contribution in [2.75, 3.05) is 0 Å². The number of allylic oxidation sites excluding steroid dienone is 4. The Labute approximate surface area is 92.3 Å². The predicted molar refractivity (Wildman–Crippen MR) is 62.6 cm³/mol. The summed E-state index contributed by atoms with van der Waals surface area (Å²) in [5.41, 5.74) is 2.56. The molecule has 0 N–H and O–H groups in total. The lowest BCUT2D eigenvalue weighted by Gasteiger charge is -2.39. The van der Waals surface area contributed by atoms with E-state index in [-0.39, 0.29) is 11.2 Å². The molecule has 0 radical (unpaired) electrons. The van der Waals surface area contributed by atoms with E-state index in [4.69, 9.17) is 0 Å². The molecule has 0 fully saturated rings. The van der Waals surface area contributed by atoms with Crippen LogP contribution in [0.25, 0.3) is 0 Å². The minimum absolute atomic E-state index is 0.143. The van der Waals surface area contributed by atoms with Gasteiger partial charge >= 0.3 is 0 Å². The van der Waals surface area contributed by atoms with Gasteiger partial charge in [-0.2, -0.15) is 0 Å². The van der Waals surface area contributed by atoms with Crippen LogP contribution >= 0.6 is 0 Å². The highest BCUT2D eigenvalue weighted by Crippen LogP contribution is 2.46. The topological polar surface area (TPSA) is 17.1 Å². The van der Waals surface area contributed by atoms with E-state index in [1.807, 2.05) is 6.08 Å². The maximum Gasteiger partial charge on any atom is 0.182 e. The molecule has 1 unspecified atom stereocenters. The van der Waals surface area contributed by atoms with E-state index in [0.717, 1.165) is 18.4 Å².